The van der Waals surface area contributed by atoms with Gasteiger partial charge < -0.3 is 5.32 Å². The number of nitriles is 1. The van der Waals surface area contributed by atoms with Crippen molar-refractivity contribution < 1.29 is 4.79 Å². The lowest BCUT2D eigenvalue weighted by Gasteiger charge is -2.09. The number of amides is 1. The van der Waals surface area contributed by atoms with Gasteiger partial charge in [0, 0.05) is 11.6 Å². The van der Waals surface area contributed by atoms with Gasteiger partial charge in [-0.2, -0.15) is 15.0 Å². The molecule has 0 spiro atoms. The number of anilines is 1. The van der Waals surface area contributed by atoms with Crippen LogP contribution >= 0.6 is 0 Å². The van der Waals surface area contributed by atoms with Gasteiger partial charge in [0.2, 0.25) is 0 Å². The van der Waals surface area contributed by atoms with Crippen molar-refractivity contribution in [2.75, 3.05) is 5.32 Å². The molecule has 3 aromatic heterocycles. The lowest BCUT2D eigenvalue weighted by molar-refractivity contribution is 0.102. The predicted molar refractivity (Wildman–Crippen MR) is 95.8 cm³/mol. The second-order valence-electron chi connectivity index (χ2n) is 5.46. The summed E-state index contributed by atoms with van der Waals surface area (Å²) < 4.78 is 1.44. The summed E-state index contributed by atoms with van der Waals surface area (Å²) in [5, 5.41) is 17.2. The van der Waals surface area contributed by atoms with Crippen molar-refractivity contribution in [3.8, 4) is 11.9 Å². The summed E-state index contributed by atoms with van der Waals surface area (Å²) in [6.45, 7) is 0. The first kappa shape index (κ1) is 15.5. The molecule has 0 saturated heterocycles. The van der Waals surface area contributed by atoms with Crippen molar-refractivity contribution >= 4 is 22.6 Å². The van der Waals surface area contributed by atoms with Crippen LogP contribution in [0.3, 0.4) is 0 Å². The van der Waals surface area contributed by atoms with Crippen molar-refractivity contribution in [1.82, 2.24) is 19.7 Å². The van der Waals surface area contributed by atoms with E-state index in [1.165, 1.54) is 17.1 Å². The van der Waals surface area contributed by atoms with E-state index >= 15 is 0 Å². The van der Waals surface area contributed by atoms with Crippen LogP contribution in [0.4, 0.5) is 5.82 Å². The number of nitrogens with one attached hydrogen (secondary N) is 1. The fourth-order valence-corrected chi connectivity index (χ4v) is 2.57. The minimum Gasteiger partial charge on any atom is -0.304 e. The summed E-state index contributed by atoms with van der Waals surface area (Å²) in [5.74, 6) is 0.331. The Labute approximate surface area is 148 Å². The molecule has 0 fully saturated rings. The van der Waals surface area contributed by atoms with Crippen LogP contribution in [0.2, 0.25) is 0 Å². The molecule has 1 amide bonds. The van der Waals surface area contributed by atoms with Gasteiger partial charge in [-0.1, -0.05) is 24.3 Å². The third-order valence-corrected chi connectivity index (χ3v) is 3.82. The molecule has 0 aliphatic carbocycles. The normalized spacial score (nSPS) is 10.4. The van der Waals surface area contributed by atoms with Gasteiger partial charge in [0.05, 0.1) is 11.7 Å². The van der Waals surface area contributed by atoms with Crippen molar-refractivity contribution in [2.24, 2.45) is 0 Å². The summed E-state index contributed by atoms with van der Waals surface area (Å²) in [6.07, 6.45) is 2.92. The summed E-state index contributed by atoms with van der Waals surface area (Å²) in [7, 11) is 0. The molecule has 0 atom stereocenters. The van der Waals surface area contributed by atoms with Crippen molar-refractivity contribution in [1.29, 1.82) is 5.26 Å². The van der Waals surface area contributed by atoms with Crippen LogP contribution < -0.4 is 5.32 Å². The van der Waals surface area contributed by atoms with Crippen molar-refractivity contribution in [2.45, 2.75) is 0 Å². The topological polar surface area (TPSA) is 96.5 Å². The van der Waals surface area contributed by atoms with E-state index in [-0.39, 0.29) is 17.1 Å². The number of para-hydroxylation sites is 1. The zero-order valence-corrected chi connectivity index (χ0v) is 13.5. The summed E-state index contributed by atoms with van der Waals surface area (Å²) in [5.41, 5.74) is 1.28. The average molecular weight is 340 g/mol. The van der Waals surface area contributed by atoms with Crippen molar-refractivity contribution in [3.63, 3.8) is 0 Å². The van der Waals surface area contributed by atoms with Crippen LogP contribution in [0.15, 0.2) is 67.0 Å². The number of benzene rings is 1. The maximum Gasteiger partial charge on any atom is 0.275 e. The van der Waals surface area contributed by atoms with E-state index in [9.17, 15) is 10.1 Å². The highest BCUT2D eigenvalue weighted by atomic mass is 16.2. The van der Waals surface area contributed by atoms with Crippen LogP contribution in [0.5, 0.6) is 0 Å². The minimum atomic E-state index is -0.426. The molecule has 0 radical (unpaired) electrons. The lowest BCUT2D eigenvalue weighted by Crippen LogP contribution is -2.17. The molecule has 0 unspecified atom stereocenters. The largest absolute Gasteiger partial charge is 0.304 e. The second-order valence-corrected chi connectivity index (χ2v) is 5.46. The van der Waals surface area contributed by atoms with E-state index in [2.05, 4.69) is 20.4 Å². The number of aromatic nitrogens is 4. The lowest BCUT2D eigenvalue weighted by atomic mass is 10.2. The Morgan fingerprint density at radius 2 is 1.92 bits per heavy atom. The number of fused-ring (bicyclic) bond motifs is 1. The SMILES string of the molecule is N#Cc1cnn(-c2ccc3ccccc3n2)c1NC(=O)c1ccccn1. The van der Waals surface area contributed by atoms with E-state index in [0.717, 1.165) is 10.9 Å². The second kappa shape index (κ2) is 6.45. The van der Waals surface area contributed by atoms with Crippen LogP contribution in [0.1, 0.15) is 16.1 Å². The Morgan fingerprint density at radius 3 is 2.73 bits per heavy atom. The van der Waals surface area contributed by atoms with Crippen LogP contribution in [0, 0.1) is 11.3 Å². The van der Waals surface area contributed by atoms with Crippen LogP contribution in [0.25, 0.3) is 16.7 Å². The van der Waals surface area contributed by atoms with E-state index < -0.39 is 5.91 Å². The molecule has 0 aliphatic rings. The quantitative estimate of drug-likeness (QED) is 0.618. The van der Waals surface area contributed by atoms with Gasteiger partial charge in [-0.15, -0.1) is 0 Å². The molecule has 7 nitrogen and oxygen atoms in total. The summed E-state index contributed by atoms with van der Waals surface area (Å²) >= 11 is 0. The predicted octanol–water partition coefficient (Wildman–Crippen LogP) is 2.94. The number of hydrogen-bond donors (Lipinski definition) is 1. The molecule has 4 aromatic rings. The molecule has 0 bridgehead atoms. The molecule has 1 aromatic carbocycles. The molecule has 0 saturated carbocycles. The van der Waals surface area contributed by atoms with Crippen LogP contribution in [-0.2, 0) is 0 Å². The van der Waals surface area contributed by atoms with Gasteiger partial charge in [0.25, 0.3) is 5.91 Å². The summed E-state index contributed by atoms with van der Waals surface area (Å²) in [4.78, 5) is 21.0. The average Bonchev–Trinajstić information content (AvgIpc) is 3.10. The monoisotopic (exact) mass is 340 g/mol. The van der Waals surface area contributed by atoms with Gasteiger partial charge in [-0.3, -0.25) is 9.78 Å². The Kier molecular flexibility index (Phi) is 3.84. The Morgan fingerprint density at radius 1 is 1.08 bits per heavy atom. The molecule has 0 aliphatic heterocycles. The zero-order chi connectivity index (χ0) is 17.9. The molecule has 3 heterocycles. The molecule has 124 valence electrons. The van der Waals surface area contributed by atoms with Gasteiger partial charge in [0.15, 0.2) is 11.6 Å². The first-order valence-electron chi connectivity index (χ1n) is 7.83. The number of rotatable bonds is 3. The molecule has 4 rings (SSSR count). The molecular formula is C19H12N6O. The molecule has 1 N–H and O–H groups in total. The van der Waals surface area contributed by atoms with Gasteiger partial charge >= 0.3 is 0 Å². The standard InChI is InChI=1S/C19H12N6O/c20-11-14-12-22-25(17-9-8-13-5-1-2-6-15(13)23-17)18(14)24-19(26)16-7-3-4-10-21-16/h1-10,12H,(H,24,26). The Hall–Kier alpha value is -4.05. The first-order chi connectivity index (χ1) is 12.8. The smallest absolute Gasteiger partial charge is 0.275 e. The van der Waals surface area contributed by atoms with Gasteiger partial charge in [-0.25, -0.2) is 4.98 Å². The number of carbonyl (C=O) groups is 1. The fraction of sp³-hybridized carbons (Fsp3) is 0. The van der Waals surface area contributed by atoms with Gasteiger partial charge in [0.1, 0.15) is 17.3 Å². The minimum absolute atomic E-state index is 0.240. The van der Waals surface area contributed by atoms with Gasteiger partial charge in [-0.05, 0) is 30.3 Å². The van der Waals surface area contributed by atoms with E-state index in [0.29, 0.717) is 5.82 Å². The number of carbonyl (C=O) groups excluding carboxylic acids is 1. The molecular weight excluding hydrogens is 328 g/mol. The Bertz CT molecular complexity index is 1140. The van der Waals surface area contributed by atoms with E-state index in [1.54, 1.807) is 24.3 Å². The maximum atomic E-state index is 12.4. The number of hydrogen-bond acceptors (Lipinski definition) is 5. The van der Waals surface area contributed by atoms with Crippen molar-refractivity contribution in [3.05, 3.63) is 78.2 Å². The maximum absolute atomic E-state index is 12.4. The molecule has 7 heteroatoms. The molecule has 26 heavy (non-hydrogen) atoms. The summed E-state index contributed by atoms with van der Waals surface area (Å²) in [6, 6.07) is 18.4. The zero-order valence-electron chi connectivity index (χ0n) is 13.5. The highest BCUT2D eigenvalue weighted by Crippen LogP contribution is 2.21. The number of pyridine rings is 2. The third-order valence-electron chi connectivity index (χ3n) is 3.82. The first-order valence-corrected chi connectivity index (χ1v) is 7.83. The Balaban J connectivity index is 1.76. The third kappa shape index (κ3) is 2.76. The van der Waals surface area contributed by atoms with E-state index in [1.807, 2.05) is 36.4 Å². The van der Waals surface area contributed by atoms with E-state index in [4.69, 9.17) is 0 Å². The number of nitrogens with zero attached hydrogens (tertiary/aromatic N) is 5. The highest BCUT2D eigenvalue weighted by Gasteiger charge is 2.17. The van der Waals surface area contributed by atoms with Crippen LogP contribution in [-0.4, -0.2) is 25.7 Å². The highest BCUT2D eigenvalue weighted by molar-refractivity contribution is 6.03. The fourth-order valence-electron chi connectivity index (χ4n) is 2.57.